The van der Waals surface area contributed by atoms with Crippen molar-refractivity contribution >= 4 is 39.3 Å². The molecule has 0 aliphatic heterocycles. The van der Waals surface area contributed by atoms with E-state index in [0.717, 1.165) is 21.9 Å². The van der Waals surface area contributed by atoms with Gasteiger partial charge in [0.15, 0.2) is 12.4 Å². The number of hydrogen-bond donors (Lipinski definition) is 1. The van der Waals surface area contributed by atoms with E-state index in [9.17, 15) is 9.59 Å². The Morgan fingerprint density at radius 3 is 2.44 bits per heavy atom. The lowest BCUT2D eigenvalue weighted by Crippen LogP contribution is -2.20. The van der Waals surface area contributed by atoms with Crippen molar-refractivity contribution in [3.05, 3.63) is 72.3 Å². The van der Waals surface area contributed by atoms with E-state index in [-0.39, 0.29) is 18.3 Å². The summed E-state index contributed by atoms with van der Waals surface area (Å²) in [6, 6.07) is 20.0. The Bertz CT molecular complexity index is 1140. The Morgan fingerprint density at radius 2 is 1.67 bits per heavy atom. The average molecular weight is 359 g/mol. The van der Waals surface area contributed by atoms with E-state index in [1.165, 1.54) is 6.92 Å². The van der Waals surface area contributed by atoms with Crippen LogP contribution in [0.4, 0.5) is 5.69 Å². The molecule has 4 aromatic rings. The lowest BCUT2D eigenvalue weighted by molar-refractivity contribution is -0.118. The van der Waals surface area contributed by atoms with Gasteiger partial charge in [-0.25, -0.2) is 0 Å². The number of amides is 1. The molecule has 4 rings (SSSR count). The van der Waals surface area contributed by atoms with Crippen molar-refractivity contribution in [2.45, 2.75) is 6.92 Å². The largest absolute Gasteiger partial charge is 0.484 e. The minimum absolute atomic E-state index is 0.0154. The lowest BCUT2D eigenvalue weighted by atomic mass is 10.1. The molecule has 3 aromatic carbocycles. The summed E-state index contributed by atoms with van der Waals surface area (Å²) in [5.41, 5.74) is 2.81. The maximum Gasteiger partial charge on any atom is 0.262 e. The van der Waals surface area contributed by atoms with Crippen molar-refractivity contribution in [3.63, 3.8) is 0 Å². The Labute approximate surface area is 155 Å². The summed E-state index contributed by atoms with van der Waals surface area (Å²) in [6.45, 7) is 1.39. The Kier molecular flexibility index (Phi) is 4.34. The smallest absolute Gasteiger partial charge is 0.262 e. The molecule has 134 valence electrons. The van der Waals surface area contributed by atoms with E-state index >= 15 is 0 Å². The molecule has 5 nitrogen and oxygen atoms in total. The number of para-hydroxylation sites is 1. The third-order valence-corrected chi connectivity index (χ3v) is 4.29. The van der Waals surface area contributed by atoms with Crippen molar-refractivity contribution in [1.29, 1.82) is 0 Å². The van der Waals surface area contributed by atoms with Crippen LogP contribution in [0.3, 0.4) is 0 Å². The fourth-order valence-corrected chi connectivity index (χ4v) is 2.93. The number of Topliss-reactive ketones (excluding diaryl/α,β-unsaturated/α-hetero) is 1. The molecule has 0 spiro atoms. The van der Waals surface area contributed by atoms with Crippen LogP contribution in [-0.2, 0) is 4.79 Å². The second kappa shape index (κ2) is 6.96. The highest BCUT2D eigenvalue weighted by molar-refractivity contribution is 6.05. The standard InChI is InChI=1S/C22H17NO4/c1-14(24)15-6-8-16(9-7-15)23-22(25)13-26-17-10-11-21-19(12-17)18-4-2-3-5-20(18)27-21/h2-12H,13H2,1H3,(H,23,25). The molecule has 0 unspecified atom stereocenters. The molecule has 0 fully saturated rings. The predicted molar refractivity (Wildman–Crippen MR) is 104 cm³/mol. The van der Waals surface area contributed by atoms with Crippen molar-refractivity contribution in [3.8, 4) is 5.75 Å². The van der Waals surface area contributed by atoms with Gasteiger partial charge in [0.05, 0.1) is 0 Å². The molecule has 0 saturated heterocycles. The lowest BCUT2D eigenvalue weighted by Gasteiger charge is -2.08. The molecular weight excluding hydrogens is 342 g/mol. The normalized spacial score (nSPS) is 10.9. The van der Waals surface area contributed by atoms with Gasteiger partial charge in [-0.3, -0.25) is 9.59 Å². The Balaban J connectivity index is 1.44. The number of anilines is 1. The molecule has 0 bridgehead atoms. The Morgan fingerprint density at radius 1 is 0.926 bits per heavy atom. The van der Waals surface area contributed by atoms with Crippen LogP contribution >= 0.6 is 0 Å². The molecule has 0 aliphatic rings. The highest BCUT2D eigenvalue weighted by Gasteiger charge is 2.09. The van der Waals surface area contributed by atoms with Gasteiger partial charge in [-0.1, -0.05) is 18.2 Å². The van der Waals surface area contributed by atoms with Gasteiger partial charge < -0.3 is 14.5 Å². The summed E-state index contributed by atoms with van der Waals surface area (Å²) in [6.07, 6.45) is 0. The van der Waals surface area contributed by atoms with Gasteiger partial charge >= 0.3 is 0 Å². The van der Waals surface area contributed by atoms with Crippen molar-refractivity contribution in [2.24, 2.45) is 0 Å². The SMILES string of the molecule is CC(=O)c1ccc(NC(=O)COc2ccc3oc4ccccc4c3c2)cc1. The van der Waals surface area contributed by atoms with E-state index in [2.05, 4.69) is 5.32 Å². The number of benzene rings is 3. The summed E-state index contributed by atoms with van der Waals surface area (Å²) < 4.78 is 11.4. The first-order chi connectivity index (χ1) is 13.1. The maximum atomic E-state index is 12.1. The van der Waals surface area contributed by atoms with Crippen LogP contribution in [0.2, 0.25) is 0 Å². The second-order valence-corrected chi connectivity index (χ2v) is 6.23. The number of nitrogens with one attached hydrogen (secondary N) is 1. The van der Waals surface area contributed by atoms with Gasteiger partial charge in [0.1, 0.15) is 16.9 Å². The molecule has 1 aromatic heterocycles. The zero-order valence-electron chi connectivity index (χ0n) is 14.7. The number of rotatable bonds is 5. The summed E-state index contributed by atoms with van der Waals surface area (Å²) in [7, 11) is 0. The first-order valence-electron chi connectivity index (χ1n) is 8.55. The van der Waals surface area contributed by atoms with Crippen LogP contribution < -0.4 is 10.1 Å². The third kappa shape index (κ3) is 3.53. The molecule has 1 amide bonds. The fourth-order valence-electron chi connectivity index (χ4n) is 2.93. The number of hydrogen-bond acceptors (Lipinski definition) is 4. The zero-order chi connectivity index (χ0) is 18.8. The van der Waals surface area contributed by atoms with Crippen LogP contribution in [0.25, 0.3) is 21.9 Å². The molecule has 0 atom stereocenters. The van der Waals surface area contributed by atoms with Gasteiger partial charge in [0.25, 0.3) is 5.91 Å². The summed E-state index contributed by atoms with van der Waals surface area (Å²) in [4.78, 5) is 23.4. The number of furan rings is 1. The van der Waals surface area contributed by atoms with Crippen LogP contribution in [-0.4, -0.2) is 18.3 Å². The van der Waals surface area contributed by atoms with Gasteiger partial charge in [-0.2, -0.15) is 0 Å². The second-order valence-electron chi connectivity index (χ2n) is 6.23. The van der Waals surface area contributed by atoms with Crippen LogP contribution in [0.5, 0.6) is 5.75 Å². The first-order valence-corrected chi connectivity index (χ1v) is 8.55. The van der Waals surface area contributed by atoms with Crippen molar-refractivity contribution in [2.75, 3.05) is 11.9 Å². The number of carbonyl (C=O) groups is 2. The molecule has 5 heteroatoms. The van der Waals surface area contributed by atoms with Gasteiger partial charge in [-0.05, 0) is 55.5 Å². The van der Waals surface area contributed by atoms with E-state index < -0.39 is 0 Å². The maximum absolute atomic E-state index is 12.1. The summed E-state index contributed by atoms with van der Waals surface area (Å²) in [5, 5.41) is 4.70. The van der Waals surface area contributed by atoms with Crippen molar-refractivity contribution < 1.29 is 18.7 Å². The first kappa shape index (κ1) is 16.8. The number of ether oxygens (including phenoxy) is 1. The minimum Gasteiger partial charge on any atom is -0.484 e. The monoisotopic (exact) mass is 359 g/mol. The average Bonchev–Trinajstić information content (AvgIpc) is 3.05. The minimum atomic E-state index is -0.275. The molecule has 0 aliphatic carbocycles. The van der Waals surface area contributed by atoms with Crippen molar-refractivity contribution in [1.82, 2.24) is 0 Å². The fraction of sp³-hybridized carbons (Fsp3) is 0.0909. The molecule has 0 radical (unpaired) electrons. The molecular formula is C22H17NO4. The van der Waals surface area contributed by atoms with E-state index in [1.807, 2.05) is 36.4 Å². The van der Waals surface area contributed by atoms with E-state index in [0.29, 0.717) is 17.0 Å². The van der Waals surface area contributed by atoms with Gasteiger partial charge in [-0.15, -0.1) is 0 Å². The van der Waals surface area contributed by atoms with Gasteiger partial charge in [0, 0.05) is 22.0 Å². The van der Waals surface area contributed by atoms with E-state index in [4.69, 9.17) is 9.15 Å². The molecule has 0 saturated carbocycles. The number of carbonyl (C=O) groups excluding carboxylic acids is 2. The zero-order valence-corrected chi connectivity index (χ0v) is 14.7. The number of ketones is 1. The highest BCUT2D eigenvalue weighted by atomic mass is 16.5. The predicted octanol–water partition coefficient (Wildman–Crippen LogP) is 4.81. The van der Waals surface area contributed by atoms with Crippen LogP contribution in [0.1, 0.15) is 17.3 Å². The molecule has 1 N–H and O–H groups in total. The van der Waals surface area contributed by atoms with Crippen LogP contribution in [0.15, 0.2) is 71.1 Å². The van der Waals surface area contributed by atoms with E-state index in [1.54, 1.807) is 30.3 Å². The third-order valence-electron chi connectivity index (χ3n) is 4.29. The van der Waals surface area contributed by atoms with Crippen LogP contribution in [0, 0.1) is 0 Å². The quantitative estimate of drug-likeness (QED) is 0.519. The number of fused-ring (bicyclic) bond motifs is 3. The highest BCUT2D eigenvalue weighted by Crippen LogP contribution is 2.31. The molecule has 1 heterocycles. The van der Waals surface area contributed by atoms with Gasteiger partial charge in [0.2, 0.25) is 0 Å². The summed E-state index contributed by atoms with van der Waals surface area (Å²) in [5.74, 6) is 0.303. The molecule has 27 heavy (non-hydrogen) atoms. The topological polar surface area (TPSA) is 68.5 Å². The Hall–Kier alpha value is -3.60. The summed E-state index contributed by atoms with van der Waals surface area (Å²) >= 11 is 0.